The van der Waals surface area contributed by atoms with E-state index in [1.54, 1.807) is 18.1 Å². The number of nitrogens with one attached hydrogen (secondary N) is 1. The maximum Gasteiger partial charge on any atom is 0.191 e. The first-order valence-electron chi connectivity index (χ1n) is 5.07. The van der Waals surface area contributed by atoms with Crippen molar-refractivity contribution in [1.82, 2.24) is 14.8 Å². The van der Waals surface area contributed by atoms with Gasteiger partial charge in [0, 0.05) is 18.4 Å². The van der Waals surface area contributed by atoms with Gasteiger partial charge in [-0.25, -0.2) is 0 Å². The highest BCUT2D eigenvalue weighted by atomic mass is 32.2. The van der Waals surface area contributed by atoms with Gasteiger partial charge in [0.1, 0.15) is 12.2 Å². The number of hydrogen-bond donors (Lipinski definition) is 2. The zero-order valence-corrected chi connectivity index (χ0v) is 10.2. The molecule has 0 radical (unpaired) electrons. The fraction of sp³-hybridized carbons (Fsp3) is 0.182. The topological polar surface area (TPSA) is 80.6 Å². The van der Waals surface area contributed by atoms with Gasteiger partial charge in [0.2, 0.25) is 0 Å². The summed E-state index contributed by atoms with van der Waals surface area (Å²) in [5, 5.41) is 16.2. The number of hydrogen-bond acceptors (Lipinski definition) is 4. The number of benzene rings is 1. The van der Waals surface area contributed by atoms with Crippen molar-refractivity contribution in [2.24, 2.45) is 12.8 Å². The fourth-order valence-corrected chi connectivity index (χ4v) is 2.35. The number of rotatable bonds is 4. The Hall–Kier alpha value is -1.82. The quantitative estimate of drug-likeness (QED) is 0.486. The van der Waals surface area contributed by atoms with Crippen molar-refractivity contribution in [1.29, 1.82) is 5.41 Å². The largest absolute Gasteiger partial charge is 0.384 e. The van der Waals surface area contributed by atoms with Crippen LogP contribution in [0, 0.1) is 5.41 Å². The second-order valence-electron chi connectivity index (χ2n) is 3.58. The SMILES string of the molecule is Cn1cnnc1SCc1ccccc1C(=N)N. The molecule has 0 aliphatic carbocycles. The number of aromatic nitrogens is 3. The number of aryl methyl sites for hydroxylation is 1. The maximum atomic E-state index is 7.51. The molecule has 0 amide bonds. The lowest BCUT2D eigenvalue weighted by molar-refractivity contribution is 0.788. The molecule has 1 aromatic heterocycles. The van der Waals surface area contributed by atoms with Gasteiger partial charge in [0.05, 0.1) is 0 Å². The minimum Gasteiger partial charge on any atom is -0.384 e. The van der Waals surface area contributed by atoms with E-state index in [2.05, 4.69) is 10.2 Å². The number of nitrogens with zero attached hydrogens (tertiary/aromatic N) is 3. The molecule has 1 aromatic carbocycles. The molecule has 2 aromatic rings. The normalized spacial score (nSPS) is 10.4. The van der Waals surface area contributed by atoms with Crippen molar-refractivity contribution in [2.45, 2.75) is 10.9 Å². The predicted molar refractivity (Wildman–Crippen MR) is 68.0 cm³/mol. The Bertz CT molecular complexity index is 534. The van der Waals surface area contributed by atoms with Crippen molar-refractivity contribution >= 4 is 17.6 Å². The van der Waals surface area contributed by atoms with Gasteiger partial charge < -0.3 is 10.3 Å². The third kappa shape index (κ3) is 2.65. The highest BCUT2D eigenvalue weighted by Gasteiger charge is 2.07. The average Bonchev–Trinajstić information content (AvgIpc) is 2.72. The summed E-state index contributed by atoms with van der Waals surface area (Å²) < 4.78 is 1.86. The Morgan fingerprint density at radius 1 is 1.47 bits per heavy atom. The molecule has 88 valence electrons. The standard InChI is InChI=1S/C11H13N5S/c1-16-7-14-15-11(16)17-6-8-4-2-3-5-9(8)10(12)13/h2-5,7H,6H2,1H3,(H3,12,13). The van der Waals surface area contributed by atoms with Gasteiger partial charge in [-0.3, -0.25) is 5.41 Å². The molecule has 0 aliphatic rings. The van der Waals surface area contributed by atoms with E-state index in [0.717, 1.165) is 22.0 Å². The maximum absolute atomic E-state index is 7.51. The molecule has 17 heavy (non-hydrogen) atoms. The van der Waals surface area contributed by atoms with Crippen molar-refractivity contribution in [3.05, 3.63) is 41.7 Å². The van der Waals surface area contributed by atoms with Gasteiger partial charge in [0.25, 0.3) is 0 Å². The molecule has 2 rings (SSSR count). The average molecular weight is 247 g/mol. The van der Waals surface area contributed by atoms with Gasteiger partial charge in [-0.1, -0.05) is 36.0 Å². The molecule has 0 saturated carbocycles. The van der Waals surface area contributed by atoms with Crippen LogP contribution in [0.3, 0.4) is 0 Å². The van der Waals surface area contributed by atoms with Crippen LogP contribution in [0.15, 0.2) is 35.7 Å². The first-order chi connectivity index (χ1) is 8.18. The number of thioether (sulfide) groups is 1. The van der Waals surface area contributed by atoms with Crippen LogP contribution in [0.5, 0.6) is 0 Å². The smallest absolute Gasteiger partial charge is 0.191 e. The van der Waals surface area contributed by atoms with Crippen LogP contribution in [0.2, 0.25) is 0 Å². The zero-order chi connectivity index (χ0) is 12.3. The van der Waals surface area contributed by atoms with E-state index < -0.39 is 0 Å². The van der Waals surface area contributed by atoms with Crippen LogP contribution < -0.4 is 5.73 Å². The molecule has 0 saturated heterocycles. The first-order valence-corrected chi connectivity index (χ1v) is 6.06. The molecular weight excluding hydrogens is 234 g/mol. The highest BCUT2D eigenvalue weighted by molar-refractivity contribution is 7.98. The lowest BCUT2D eigenvalue weighted by atomic mass is 10.1. The van der Waals surface area contributed by atoms with E-state index in [0.29, 0.717) is 0 Å². The summed E-state index contributed by atoms with van der Waals surface area (Å²) >= 11 is 1.58. The summed E-state index contributed by atoms with van der Waals surface area (Å²) in [7, 11) is 1.90. The van der Waals surface area contributed by atoms with Crippen LogP contribution in [0.1, 0.15) is 11.1 Å². The molecule has 0 unspecified atom stereocenters. The van der Waals surface area contributed by atoms with Gasteiger partial charge in [0.15, 0.2) is 5.16 Å². The van der Waals surface area contributed by atoms with Gasteiger partial charge in [-0.2, -0.15) is 0 Å². The second-order valence-corrected chi connectivity index (χ2v) is 4.53. The Labute approximate surface area is 104 Å². The highest BCUT2D eigenvalue weighted by Crippen LogP contribution is 2.21. The summed E-state index contributed by atoms with van der Waals surface area (Å²) in [5.74, 6) is 0.821. The van der Waals surface area contributed by atoms with Crippen LogP contribution >= 0.6 is 11.8 Å². The number of nitrogens with two attached hydrogens (primary N) is 1. The minimum absolute atomic E-state index is 0.0964. The Morgan fingerprint density at radius 2 is 2.24 bits per heavy atom. The van der Waals surface area contributed by atoms with Crippen molar-refractivity contribution in [3.8, 4) is 0 Å². The third-order valence-corrected chi connectivity index (χ3v) is 3.42. The zero-order valence-electron chi connectivity index (χ0n) is 9.42. The molecule has 0 spiro atoms. The Balaban J connectivity index is 2.14. The van der Waals surface area contributed by atoms with Crippen molar-refractivity contribution < 1.29 is 0 Å². The Kier molecular flexibility index (Phi) is 3.43. The molecule has 0 fully saturated rings. The number of amidine groups is 1. The molecule has 1 heterocycles. The van der Waals surface area contributed by atoms with E-state index in [1.807, 2.05) is 35.9 Å². The molecule has 0 atom stereocenters. The molecule has 3 N–H and O–H groups in total. The third-order valence-electron chi connectivity index (χ3n) is 2.33. The van der Waals surface area contributed by atoms with Gasteiger partial charge in [-0.15, -0.1) is 10.2 Å². The van der Waals surface area contributed by atoms with E-state index in [9.17, 15) is 0 Å². The monoisotopic (exact) mass is 247 g/mol. The van der Waals surface area contributed by atoms with Crippen LogP contribution in [0.25, 0.3) is 0 Å². The Morgan fingerprint density at radius 3 is 2.88 bits per heavy atom. The second kappa shape index (κ2) is 5.01. The van der Waals surface area contributed by atoms with Gasteiger partial charge in [-0.05, 0) is 5.56 Å². The minimum atomic E-state index is 0.0964. The van der Waals surface area contributed by atoms with Crippen LogP contribution in [-0.4, -0.2) is 20.6 Å². The summed E-state index contributed by atoms with van der Waals surface area (Å²) in [6.45, 7) is 0. The molecule has 0 bridgehead atoms. The summed E-state index contributed by atoms with van der Waals surface area (Å²) in [5.41, 5.74) is 7.35. The van der Waals surface area contributed by atoms with E-state index in [4.69, 9.17) is 11.1 Å². The molecule has 0 aliphatic heterocycles. The fourth-order valence-electron chi connectivity index (χ4n) is 1.45. The van der Waals surface area contributed by atoms with E-state index in [-0.39, 0.29) is 5.84 Å². The lowest BCUT2D eigenvalue weighted by Crippen LogP contribution is -2.13. The van der Waals surface area contributed by atoms with Crippen LogP contribution in [0.4, 0.5) is 0 Å². The van der Waals surface area contributed by atoms with Crippen molar-refractivity contribution in [2.75, 3.05) is 0 Å². The predicted octanol–water partition coefficient (Wildman–Crippen LogP) is 1.39. The molecule has 5 nitrogen and oxygen atoms in total. The van der Waals surface area contributed by atoms with Crippen LogP contribution in [-0.2, 0) is 12.8 Å². The molecule has 6 heteroatoms. The van der Waals surface area contributed by atoms with E-state index >= 15 is 0 Å². The summed E-state index contributed by atoms with van der Waals surface area (Å²) in [6.07, 6.45) is 1.67. The lowest BCUT2D eigenvalue weighted by Gasteiger charge is -2.06. The summed E-state index contributed by atoms with van der Waals surface area (Å²) in [4.78, 5) is 0. The van der Waals surface area contributed by atoms with Crippen molar-refractivity contribution in [3.63, 3.8) is 0 Å². The number of nitrogen functional groups attached to an aromatic ring is 1. The van der Waals surface area contributed by atoms with E-state index in [1.165, 1.54) is 0 Å². The van der Waals surface area contributed by atoms with Gasteiger partial charge >= 0.3 is 0 Å². The first kappa shape index (κ1) is 11.7. The molecular formula is C11H13N5S. The summed E-state index contributed by atoms with van der Waals surface area (Å²) in [6, 6.07) is 7.65.